The average molecular weight is 529 g/mol. The highest BCUT2D eigenvalue weighted by Crippen LogP contribution is 2.39. The fourth-order valence-electron chi connectivity index (χ4n) is 5.55. The lowest BCUT2D eigenvalue weighted by atomic mass is 9.71. The third-order valence-electron chi connectivity index (χ3n) is 7.25. The second kappa shape index (κ2) is 12.4. The van der Waals surface area contributed by atoms with Gasteiger partial charge in [0, 0.05) is 12.5 Å². The van der Waals surface area contributed by atoms with Crippen LogP contribution >= 0.6 is 0 Å². The molecule has 1 saturated heterocycles. The van der Waals surface area contributed by atoms with E-state index in [2.05, 4.69) is 28.1 Å². The van der Waals surface area contributed by atoms with Crippen LogP contribution in [0.5, 0.6) is 0 Å². The van der Waals surface area contributed by atoms with E-state index in [9.17, 15) is 32.5 Å². The zero-order chi connectivity index (χ0) is 26.5. The van der Waals surface area contributed by atoms with E-state index >= 15 is 0 Å². The Morgan fingerprint density at radius 3 is 2.61 bits per heavy atom. The number of hydrogen-bond donors (Lipinski definition) is 4. The zero-order valence-corrected chi connectivity index (χ0v) is 21.7. The molecule has 7 atom stereocenters. The van der Waals surface area contributed by atoms with Crippen LogP contribution in [0.4, 0.5) is 4.79 Å². The molecule has 1 unspecified atom stereocenters. The molecule has 0 radical (unpaired) electrons. The van der Waals surface area contributed by atoms with Crippen LogP contribution in [0.3, 0.4) is 0 Å². The van der Waals surface area contributed by atoms with Gasteiger partial charge in [0.05, 0.1) is 12.6 Å². The van der Waals surface area contributed by atoms with Gasteiger partial charge in [0.2, 0.25) is 11.8 Å². The summed E-state index contributed by atoms with van der Waals surface area (Å²) in [4.78, 5) is 37.6. The van der Waals surface area contributed by atoms with Gasteiger partial charge in [0.25, 0.3) is 0 Å². The number of ether oxygens (including phenoxy) is 1. The lowest BCUT2D eigenvalue weighted by Gasteiger charge is -2.35. The summed E-state index contributed by atoms with van der Waals surface area (Å²) in [5.41, 5.74) is -2.43. The van der Waals surface area contributed by atoms with Crippen molar-refractivity contribution >= 4 is 28.0 Å². The van der Waals surface area contributed by atoms with Crippen LogP contribution in [-0.2, 0) is 24.4 Å². The predicted octanol–water partition coefficient (Wildman–Crippen LogP) is 0.994. The number of fused-ring (bicyclic) bond motifs is 2. The molecule has 12 heteroatoms. The summed E-state index contributed by atoms with van der Waals surface area (Å²) in [5.74, 6) is -0.405. The molecule has 1 aliphatic heterocycles. The summed E-state index contributed by atoms with van der Waals surface area (Å²) in [7, 11) is -5.16. The molecular formula is C24H38N3O8S-. The summed E-state index contributed by atoms with van der Waals surface area (Å²) in [5, 5.41) is 17.7. The van der Waals surface area contributed by atoms with Crippen molar-refractivity contribution in [2.75, 3.05) is 13.2 Å². The van der Waals surface area contributed by atoms with Gasteiger partial charge in [-0.2, -0.15) is 0 Å². The Balaban J connectivity index is 1.60. The van der Waals surface area contributed by atoms with Crippen LogP contribution in [0.1, 0.15) is 58.8 Å². The number of allylic oxidation sites excluding steroid dienone is 2. The van der Waals surface area contributed by atoms with Gasteiger partial charge in [-0.3, -0.25) is 9.59 Å². The van der Waals surface area contributed by atoms with Crippen LogP contribution in [-0.4, -0.2) is 66.7 Å². The molecule has 4 N–H and O–H groups in total. The van der Waals surface area contributed by atoms with E-state index in [0.717, 1.165) is 19.3 Å². The topological polar surface area (TPSA) is 174 Å². The minimum absolute atomic E-state index is 0.0159. The first-order valence-corrected chi connectivity index (χ1v) is 14.2. The Bertz CT molecular complexity index is 938. The van der Waals surface area contributed by atoms with Crippen LogP contribution in [0.25, 0.3) is 0 Å². The number of rotatable bonds is 11. The molecule has 2 bridgehead atoms. The highest BCUT2D eigenvalue weighted by molar-refractivity contribution is 7.86. The fourth-order valence-corrected chi connectivity index (χ4v) is 6.13. The second-order valence-electron chi connectivity index (χ2n) is 10.8. The monoisotopic (exact) mass is 528 g/mol. The smallest absolute Gasteiger partial charge is 0.407 e. The van der Waals surface area contributed by atoms with Crippen molar-refractivity contribution in [3.63, 3.8) is 0 Å². The maximum absolute atomic E-state index is 13.1. The molecular weight excluding hydrogens is 490 g/mol. The highest BCUT2D eigenvalue weighted by atomic mass is 32.2. The third kappa shape index (κ3) is 8.17. The lowest BCUT2D eigenvalue weighted by molar-refractivity contribution is -0.126. The van der Waals surface area contributed by atoms with Gasteiger partial charge in [-0.25, -0.2) is 13.2 Å². The van der Waals surface area contributed by atoms with Gasteiger partial charge in [0.15, 0.2) is 5.44 Å². The maximum atomic E-state index is 13.1. The quantitative estimate of drug-likeness (QED) is 0.227. The van der Waals surface area contributed by atoms with Crippen molar-refractivity contribution in [1.29, 1.82) is 0 Å². The maximum Gasteiger partial charge on any atom is 0.407 e. The summed E-state index contributed by atoms with van der Waals surface area (Å²) in [6, 6.07) is -2.58. The second-order valence-corrected chi connectivity index (χ2v) is 12.3. The average Bonchev–Trinajstić information content (AvgIpc) is 3.19. The van der Waals surface area contributed by atoms with Gasteiger partial charge < -0.3 is 30.3 Å². The molecule has 11 nitrogen and oxygen atoms in total. The predicted molar refractivity (Wildman–Crippen MR) is 129 cm³/mol. The lowest BCUT2D eigenvalue weighted by Crippen LogP contribution is -2.55. The summed E-state index contributed by atoms with van der Waals surface area (Å²) in [6.07, 6.45) is 8.23. The standard InChI is InChI=1S/C24H39N3O8S/c1-14(2)8-19(27-24(31)35-13-17-10-15-4-3-5-16(9-15)11-17)22(29)26-20(23(30)36(32,33)34)12-18-6-7-25-21(18)28/h3-4,14-20,23,30H,5-13H2,1-2H3,(H,25,28)(H,26,29)(H,27,31)(H,32,33,34)/p-1/t15-,16+,17-,18+,19+,20+,23?/m1/s1. The van der Waals surface area contributed by atoms with Gasteiger partial charge in [-0.1, -0.05) is 26.0 Å². The molecule has 3 rings (SSSR count). The number of nitrogens with one attached hydrogen (secondary N) is 3. The molecule has 1 heterocycles. The van der Waals surface area contributed by atoms with E-state index in [1.54, 1.807) is 0 Å². The van der Waals surface area contributed by atoms with Crippen molar-refractivity contribution in [3.05, 3.63) is 12.2 Å². The van der Waals surface area contributed by atoms with Crippen LogP contribution < -0.4 is 16.0 Å². The van der Waals surface area contributed by atoms with Crippen LogP contribution in [0.2, 0.25) is 0 Å². The van der Waals surface area contributed by atoms with Crippen LogP contribution in [0, 0.1) is 29.6 Å². The van der Waals surface area contributed by atoms with Gasteiger partial charge in [-0.15, -0.1) is 0 Å². The zero-order valence-electron chi connectivity index (χ0n) is 20.9. The molecule has 0 aromatic heterocycles. The first kappa shape index (κ1) is 28.4. The number of aliphatic hydroxyl groups is 1. The number of carbonyl (C=O) groups is 3. The molecule has 2 aliphatic carbocycles. The van der Waals surface area contributed by atoms with E-state index < -0.39 is 45.6 Å². The van der Waals surface area contributed by atoms with Crippen LogP contribution in [0.15, 0.2) is 12.2 Å². The Morgan fingerprint density at radius 1 is 1.25 bits per heavy atom. The molecule has 1 saturated carbocycles. The molecule has 204 valence electrons. The first-order chi connectivity index (χ1) is 16.9. The normalized spacial score (nSPS) is 28.2. The molecule has 0 spiro atoms. The largest absolute Gasteiger partial charge is 0.746 e. The number of aliphatic hydroxyl groups excluding tert-OH is 1. The van der Waals surface area contributed by atoms with E-state index in [1.165, 1.54) is 6.42 Å². The minimum atomic E-state index is -5.16. The van der Waals surface area contributed by atoms with E-state index in [1.807, 2.05) is 13.8 Å². The van der Waals surface area contributed by atoms with Gasteiger partial charge in [-0.05, 0) is 68.6 Å². The third-order valence-corrected chi connectivity index (χ3v) is 8.17. The Hall–Kier alpha value is -2.18. The molecule has 3 amide bonds. The SMILES string of the molecule is CC(C)C[C@H](NC(=O)OC[C@@H]1C[C@@H]2C=CC[C@@H](C2)C1)C(=O)N[C@@H](C[C@@H]1CCNC1=O)C(O)S(=O)(=O)[O-]. The number of carbonyl (C=O) groups excluding carboxylic acids is 3. The number of hydrogen-bond acceptors (Lipinski definition) is 8. The first-order valence-electron chi connectivity index (χ1n) is 12.7. The minimum Gasteiger partial charge on any atom is -0.746 e. The number of amides is 3. The van der Waals surface area contributed by atoms with Crippen molar-refractivity contribution in [1.82, 2.24) is 16.0 Å². The fraction of sp³-hybridized carbons (Fsp3) is 0.792. The van der Waals surface area contributed by atoms with E-state index in [0.29, 0.717) is 24.8 Å². The van der Waals surface area contributed by atoms with E-state index in [-0.39, 0.29) is 37.2 Å². The molecule has 0 aromatic carbocycles. The van der Waals surface area contributed by atoms with Crippen molar-refractivity contribution in [3.8, 4) is 0 Å². The summed E-state index contributed by atoms with van der Waals surface area (Å²) in [6.45, 7) is 4.32. The van der Waals surface area contributed by atoms with Crippen molar-refractivity contribution < 1.29 is 37.2 Å². The molecule has 3 aliphatic rings. The van der Waals surface area contributed by atoms with Crippen molar-refractivity contribution in [2.24, 2.45) is 29.6 Å². The van der Waals surface area contributed by atoms with Crippen molar-refractivity contribution in [2.45, 2.75) is 76.3 Å². The molecule has 2 fully saturated rings. The van der Waals surface area contributed by atoms with E-state index in [4.69, 9.17) is 4.74 Å². The summed E-state index contributed by atoms with van der Waals surface area (Å²) < 4.78 is 39.9. The van der Waals surface area contributed by atoms with Gasteiger partial charge in [0.1, 0.15) is 16.2 Å². The van der Waals surface area contributed by atoms with Gasteiger partial charge >= 0.3 is 6.09 Å². The number of alkyl carbamates (subject to hydrolysis) is 1. The Morgan fingerprint density at radius 2 is 2.00 bits per heavy atom. The summed E-state index contributed by atoms with van der Waals surface area (Å²) >= 11 is 0. The molecule has 0 aromatic rings. The Kier molecular flexibility index (Phi) is 9.76. The Labute approximate surface area is 212 Å². The highest BCUT2D eigenvalue weighted by Gasteiger charge is 2.36. The molecule has 36 heavy (non-hydrogen) atoms.